The van der Waals surface area contributed by atoms with Crippen LogP contribution in [0.1, 0.15) is 13.8 Å². The second kappa shape index (κ2) is 6.73. The normalized spacial score (nSPS) is 12.2. The molecule has 1 atom stereocenters. The lowest BCUT2D eigenvalue weighted by atomic mass is 10.1. The van der Waals surface area contributed by atoms with E-state index in [1.807, 2.05) is 6.92 Å². The molecule has 0 aliphatic rings. The zero-order chi connectivity index (χ0) is 11.1. The lowest BCUT2D eigenvalue weighted by Gasteiger charge is -2.20. The van der Waals surface area contributed by atoms with E-state index in [4.69, 9.17) is 22.7 Å². The van der Waals surface area contributed by atoms with Crippen LogP contribution in [-0.2, 0) is 9.53 Å². The summed E-state index contributed by atoms with van der Waals surface area (Å²) in [4.78, 5) is 13.4. The van der Waals surface area contributed by atoms with E-state index >= 15 is 0 Å². The van der Waals surface area contributed by atoms with Crippen LogP contribution < -0.4 is 5.73 Å². The van der Waals surface area contributed by atoms with Gasteiger partial charge in [-0.25, -0.2) is 0 Å². The van der Waals surface area contributed by atoms with Crippen molar-refractivity contribution in [3.63, 3.8) is 0 Å². The quantitative estimate of drug-likeness (QED) is 0.518. The number of ether oxygens (including phenoxy) is 1. The molecule has 2 N–H and O–H groups in total. The van der Waals surface area contributed by atoms with E-state index in [9.17, 15) is 4.79 Å². The highest BCUT2D eigenvalue weighted by Gasteiger charge is 2.19. The molecule has 82 valence electrons. The number of nitrogens with zero attached hydrogens (tertiary/aromatic N) is 1. The van der Waals surface area contributed by atoms with Crippen molar-refractivity contribution >= 4 is 23.1 Å². The molecule has 0 rings (SSSR count). The van der Waals surface area contributed by atoms with Gasteiger partial charge in [-0.15, -0.1) is 0 Å². The first-order chi connectivity index (χ1) is 6.50. The molecule has 14 heavy (non-hydrogen) atoms. The van der Waals surface area contributed by atoms with Crippen molar-refractivity contribution in [1.29, 1.82) is 0 Å². The molecule has 0 aliphatic heterocycles. The van der Waals surface area contributed by atoms with Gasteiger partial charge >= 0.3 is 0 Å². The van der Waals surface area contributed by atoms with Gasteiger partial charge in [0.05, 0.1) is 17.5 Å². The van der Waals surface area contributed by atoms with Crippen LogP contribution in [0.15, 0.2) is 0 Å². The first-order valence-corrected chi connectivity index (χ1v) is 5.03. The lowest BCUT2D eigenvalue weighted by Crippen LogP contribution is -2.39. The molecule has 0 radical (unpaired) electrons. The van der Waals surface area contributed by atoms with E-state index in [-0.39, 0.29) is 10.9 Å². The Bertz CT molecular complexity index is 209. The number of hydrogen-bond donors (Lipinski definition) is 1. The van der Waals surface area contributed by atoms with Crippen molar-refractivity contribution in [3.8, 4) is 0 Å². The Morgan fingerprint density at radius 2 is 2.21 bits per heavy atom. The topological polar surface area (TPSA) is 55.6 Å². The van der Waals surface area contributed by atoms with Crippen LogP contribution in [0.25, 0.3) is 0 Å². The maximum Gasteiger partial charge on any atom is 0.232 e. The van der Waals surface area contributed by atoms with Gasteiger partial charge in [0.15, 0.2) is 0 Å². The molecule has 0 fully saturated rings. The summed E-state index contributed by atoms with van der Waals surface area (Å²) in [5.74, 6) is -0.450. The molecule has 0 spiro atoms. The summed E-state index contributed by atoms with van der Waals surface area (Å²) in [5.41, 5.74) is 5.38. The number of thiocarbonyl (C=S) groups is 1. The Morgan fingerprint density at radius 1 is 1.64 bits per heavy atom. The zero-order valence-corrected chi connectivity index (χ0v) is 9.76. The SMILES string of the molecule is CCOCCN(C)C(=O)C(C)C(N)=S. The fraction of sp³-hybridized carbons (Fsp3) is 0.778. The Morgan fingerprint density at radius 3 is 2.64 bits per heavy atom. The molecule has 1 amide bonds. The number of nitrogens with two attached hydrogens (primary N) is 1. The van der Waals surface area contributed by atoms with Crippen molar-refractivity contribution in [1.82, 2.24) is 4.90 Å². The standard InChI is InChI=1S/C9H18N2O2S/c1-4-13-6-5-11(3)9(12)7(2)8(10)14/h7H,4-6H2,1-3H3,(H2,10,14). The number of rotatable bonds is 6. The molecule has 0 heterocycles. The number of amides is 1. The summed E-state index contributed by atoms with van der Waals surface area (Å²) in [6.45, 7) is 5.40. The minimum Gasteiger partial charge on any atom is -0.393 e. The maximum atomic E-state index is 11.6. The van der Waals surface area contributed by atoms with E-state index in [2.05, 4.69) is 0 Å². The first kappa shape index (κ1) is 13.3. The van der Waals surface area contributed by atoms with Crippen molar-refractivity contribution in [2.24, 2.45) is 11.7 Å². The van der Waals surface area contributed by atoms with E-state index in [1.165, 1.54) is 0 Å². The summed E-state index contributed by atoms with van der Waals surface area (Å²) in [6, 6.07) is 0. The minimum absolute atomic E-state index is 0.0581. The summed E-state index contributed by atoms with van der Waals surface area (Å²) in [5, 5.41) is 0. The molecular formula is C9H18N2O2S. The molecule has 4 nitrogen and oxygen atoms in total. The van der Waals surface area contributed by atoms with E-state index < -0.39 is 5.92 Å². The Balaban J connectivity index is 3.92. The van der Waals surface area contributed by atoms with Crippen molar-refractivity contribution in [3.05, 3.63) is 0 Å². The van der Waals surface area contributed by atoms with Gasteiger partial charge in [-0.2, -0.15) is 0 Å². The fourth-order valence-corrected chi connectivity index (χ4v) is 1.01. The van der Waals surface area contributed by atoms with Crippen LogP contribution in [0.5, 0.6) is 0 Å². The predicted molar refractivity (Wildman–Crippen MR) is 60.1 cm³/mol. The molecule has 0 aromatic heterocycles. The number of carbonyl (C=O) groups is 1. The Hall–Kier alpha value is -0.680. The third kappa shape index (κ3) is 4.53. The van der Waals surface area contributed by atoms with Crippen LogP contribution in [0.2, 0.25) is 0 Å². The van der Waals surface area contributed by atoms with Gasteiger partial charge in [-0.05, 0) is 13.8 Å². The van der Waals surface area contributed by atoms with Gasteiger partial charge in [0.25, 0.3) is 0 Å². The second-order valence-electron chi connectivity index (χ2n) is 3.08. The number of hydrogen-bond acceptors (Lipinski definition) is 3. The average molecular weight is 218 g/mol. The molecule has 0 bridgehead atoms. The third-order valence-corrected chi connectivity index (χ3v) is 2.30. The van der Waals surface area contributed by atoms with E-state index in [1.54, 1.807) is 18.9 Å². The predicted octanol–water partition coefficient (Wildman–Crippen LogP) is 0.404. The van der Waals surface area contributed by atoms with Crippen LogP contribution in [0.3, 0.4) is 0 Å². The molecule has 0 aromatic rings. The maximum absolute atomic E-state index is 11.6. The average Bonchev–Trinajstić information content (AvgIpc) is 2.15. The molecule has 0 saturated carbocycles. The first-order valence-electron chi connectivity index (χ1n) is 4.62. The summed E-state index contributed by atoms with van der Waals surface area (Å²) < 4.78 is 5.14. The van der Waals surface area contributed by atoms with Gasteiger partial charge in [0.2, 0.25) is 5.91 Å². The van der Waals surface area contributed by atoms with Crippen LogP contribution in [0, 0.1) is 5.92 Å². The summed E-state index contributed by atoms with van der Waals surface area (Å²) >= 11 is 4.75. The van der Waals surface area contributed by atoms with Crippen molar-refractivity contribution < 1.29 is 9.53 Å². The lowest BCUT2D eigenvalue weighted by molar-refractivity contribution is -0.132. The van der Waals surface area contributed by atoms with Crippen LogP contribution in [-0.4, -0.2) is 42.6 Å². The number of likely N-dealkylation sites (N-methyl/N-ethyl adjacent to an activating group) is 1. The molecule has 1 unspecified atom stereocenters. The Kier molecular flexibility index (Phi) is 6.40. The largest absolute Gasteiger partial charge is 0.393 e. The van der Waals surface area contributed by atoms with Gasteiger partial charge in [-0.3, -0.25) is 4.79 Å². The number of carbonyl (C=O) groups excluding carboxylic acids is 1. The van der Waals surface area contributed by atoms with Crippen molar-refractivity contribution in [2.75, 3.05) is 26.8 Å². The van der Waals surface area contributed by atoms with Gasteiger partial charge in [-0.1, -0.05) is 12.2 Å². The highest BCUT2D eigenvalue weighted by molar-refractivity contribution is 7.80. The highest BCUT2D eigenvalue weighted by atomic mass is 32.1. The fourth-order valence-electron chi connectivity index (χ4n) is 0.908. The Labute approximate surface area is 90.4 Å². The minimum atomic E-state index is -0.392. The molecule has 5 heteroatoms. The molecule has 0 saturated heterocycles. The summed E-state index contributed by atoms with van der Waals surface area (Å²) in [6.07, 6.45) is 0. The highest BCUT2D eigenvalue weighted by Crippen LogP contribution is 2.00. The summed E-state index contributed by atoms with van der Waals surface area (Å²) in [7, 11) is 1.72. The van der Waals surface area contributed by atoms with Crippen molar-refractivity contribution in [2.45, 2.75) is 13.8 Å². The smallest absolute Gasteiger partial charge is 0.232 e. The van der Waals surface area contributed by atoms with Gasteiger partial charge in [0, 0.05) is 20.2 Å². The van der Waals surface area contributed by atoms with Gasteiger partial charge < -0.3 is 15.4 Å². The molecule has 0 aromatic carbocycles. The van der Waals surface area contributed by atoms with Crippen LogP contribution in [0.4, 0.5) is 0 Å². The second-order valence-corrected chi connectivity index (χ2v) is 3.55. The molecule has 0 aliphatic carbocycles. The van der Waals surface area contributed by atoms with Gasteiger partial charge in [0.1, 0.15) is 0 Å². The zero-order valence-electron chi connectivity index (χ0n) is 8.95. The van der Waals surface area contributed by atoms with E-state index in [0.717, 1.165) is 0 Å². The van der Waals surface area contributed by atoms with Crippen LogP contribution >= 0.6 is 12.2 Å². The monoisotopic (exact) mass is 218 g/mol. The van der Waals surface area contributed by atoms with E-state index in [0.29, 0.717) is 19.8 Å². The molecular weight excluding hydrogens is 200 g/mol. The third-order valence-electron chi connectivity index (χ3n) is 1.95.